The Morgan fingerprint density at radius 1 is 1.12 bits per heavy atom. The maximum absolute atomic E-state index is 11.8. The highest BCUT2D eigenvalue weighted by atomic mass is 32.2. The number of nitrogens with zero attached hydrogens (tertiary/aromatic N) is 2. The van der Waals surface area contributed by atoms with Crippen LogP contribution in [0.3, 0.4) is 0 Å². The van der Waals surface area contributed by atoms with Crippen LogP contribution in [0.2, 0.25) is 0 Å². The first-order valence-corrected chi connectivity index (χ1v) is 9.28. The molecular formula is C16H15N5O2S2. The predicted molar refractivity (Wildman–Crippen MR) is 96.3 cm³/mol. The molecule has 0 unspecified atom stereocenters. The SMILES string of the molecule is O=C(CSc1n[nH]c(Cc2cccs2)n1)NNC(=O)c1ccccc1. The number of benzene rings is 1. The van der Waals surface area contributed by atoms with E-state index in [9.17, 15) is 9.59 Å². The van der Waals surface area contributed by atoms with Gasteiger partial charge < -0.3 is 0 Å². The van der Waals surface area contributed by atoms with Gasteiger partial charge in [0.1, 0.15) is 5.82 Å². The van der Waals surface area contributed by atoms with Crippen LogP contribution < -0.4 is 10.9 Å². The predicted octanol–water partition coefficient (Wildman–Crippen LogP) is 2.01. The zero-order valence-electron chi connectivity index (χ0n) is 13.1. The van der Waals surface area contributed by atoms with Crippen LogP contribution >= 0.6 is 23.1 Å². The van der Waals surface area contributed by atoms with Crippen LogP contribution in [0.15, 0.2) is 53.0 Å². The highest BCUT2D eigenvalue weighted by molar-refractivity contribution is 7.99. The second kappa shape index (κ2) is 8.45. The van der Waals surface area contributed by atoms with Crippen molar-refractivity contribution in [2.75, 3.05) is 5.75 Å². The minimum atomic E-state index is -0.366. The number of aromatic nitrogens is 3. The molecular weight excluding hydrogens is 358 g/mol. The summed E-state index contributed by atoms with van der Waals surface area (Å²) in [5.74, 6) is 0.155. The highest BCUT2D eigenvalue weighted by Crippen LogP contribution is 2.15. The van der Waals surface area contributed by atoms with Gasteiger partial charge in [-0.15, -0.1) is 16.4 Å². The number of thioether (sulfide) groups is 1. The van der Waals surface area contributed by atoms with Gasteiger partial charge in [-0.1, -0.05) is 36.0 Å². The van der Waals surface area contributed by atoms with Crippen LogP contribution in [-0.2, 0) is 11.2 Å². The first-order chi connectivity index (χ1) is 12.2. The van der Waals surface area contributed by atoms with E-state index in [1.165, 1.54) is 16.6 Å². The van der Waals surface area contributed by atoms with Crippen molar-refractivity contribution < 1.29 is 9.59 Å². The molecule has 0 bridgehead atoms. The van der Waals surface area contributed by atoms with E-state index in [-0.39, 0.29) is 17.6 Å². The molecule has 0 saturated carbocycles. The first kappa shape index (κ1) is 17.2. The van der Waals surface area contributed by atoms with Crippen molar-refractivity contribution in [3.8, 4) is 0 Å². The lowest BCUT2D eigenvalue weighted by Crippen LogP contribution is -2.42. The molecule has 2 heterocycles. The molecule has 0 atom stereocenters. The summed E-state index contributed by atoms with van der Waals surface area (Å²) < 4.78 is 0. The molecule has 2 aromatic heterocycles. The topological polar surface area (TPSA) is 99.8 Å². The largest absolute Gasteiger partial charge is 0.272 e. The zero-order chi connectivity index (χ0) is 17.5. The number of H-pyrrole nitrogens is 1. The molecule has 0 aliphatic rings. The molecule has 1 aromatic carbocycles. The van der Waals surface area contributed by atoms with Gasteiger partial charge in [0, 0.05) is 16.9 Å². The fourth-order valence-corrected chi connectivity index (χ4v) is 3.28. The van der Waals surface area contributed by atoms with Gasteiger partial charge >= 0.3 is 0 Å². The summed E-state index contributed by atoms with van der Waals surface area (Å²) >= 11 is 2.85. The second-order valence-corrected chi connectivity index (χ2v) is 6.95. The van der Waals surface area contributed by atoms with Crippen LogP contribution in [0.4, 0.5) is 0 Å². The van der Waals surface area contributed by atoms with Gasteiger partial charge in [-0.3, -0.25) is 25.5 Å². The Morgan fingerprint density at radius 3 is 2.72 bits per heavy atom. The summed E-state index contributed by atoms with van der Waals surface area (Å²) in [6, 6.07) is 12.7. The third-order valence-corrected chi connectivity index (χ3v) is 4.84. The Morgan fingerprint density at radius 2 is 1.96 bits per heavy atom. The van der Waals surface area contributed by atoms with E-state index in [0.717, 1.165) is 5.82 Å². The van der Waals surface area contributed by atoms with Crippen molar-refractivity contribution in [3.05, 3.63) is 64.1 Å². The van der Waals surface area contributed by atoms with E-state index >= 15 is 0 Å². The number of hydrazine groups is 1. The van der Waals surface area contributed by atoms with E-state index in [0.29, 0.717) is 17.1 Å². The zero-order valence-corrected chi connectivity index (χ0v) is 14.7. The van der Waals surface area contributed by atoms with Crippen LogP contribution in [-0.4, -0.2) is 32.7 Å². The molecule has 0 radical (unpaired) electrons. The fourth-order valence-electron chi connectivity index (χ4n) is 1.95. The number of hydrogen-bond acceptors (Lipinski definition) is 6. The monoisotopic (exact) mass is 373 g/mol. The van der Waals surface area contributed by atoms with E-state index in [4.69, 9.17) is 0 Å². The fraction of sp³-hybridized carbons (Fsp3) is 0.125. The molecule has 0 saturated heterocycles. The maximum Gasteiger partial charge on any atom is 0.269 e. The molecule has 2 amide bonds. The molecule has 3 rings (SSSR count). The average molecular weight is 373 g/mol. The summed E-state index contributed by atoms with van der Waals surface area (Å²) in [7, 11) is 0. The third kappa shape index (κ3) is 5.16. The number of nitrogens with one attached hydrogen (secondary N) is 3. The molecule has 3 N–H and O–H groups in total. The van der Waals surface area contributed by atoms with Crippen LogP contribution in [0.1, 0.15) is 21.1 Å². The lowest BCUT2D eigenvalue weighted by molar-refractivity contribution is -0.119. The minimum absolute atomic E-state index is 0.103. The van der Waals surface area contributed by atoms with Crippen molar-refractivity contribution in [1.29, 1.82) is 0 Å². The molecule has 128 valence electrons. The molecule has 0 spiro atoms. The minimum Gasteiger partial charge on any atom is -0.272 e. The van der Waals surface area contributed by atoms with Gasteiger partial charge in [-0.2, -0.15) is 0 Å². The Labute approximate surface area is 152 Å². The van der Waals surface area contributed by atoms with Crippen molar-refractivity contribution in [2.45, 2.75) is 11.6 Å². The molecule has 3 aromatic rings. The van der Waals surface area contributed by atoms with Crippen molar-refractivity contribution in [3.63, 3.8) is 0 Å². The quantitative estimate of drug-likeness (QED) is 0.453. The number of aromatic amines is 1. The van der Waals surface area contributed by atoms with E-state index in [1.54, 1.807) is 35.6 Å². The molecule has 0 aliphatic carbocycles. The van der Waals surface area contributed by atoms with Gasteiger partial charge in [-0.05, 0) is 23.6 Å². The number of carbonyl (C=O) groups excluding carboxylic acids is 2. The summed E-state index contributed by atoms with van der Waals surface area (Å²) in [6.07, 6.45) is 0.685. The van der Waals surface area contributed by atoms with Crippen LogP contribution in [0, 0.1) is 0 Å². The lowest BCUT2D eigenvalue weighted by atomic mass is 10.2. The second-order valence-electron chi connectivity index (χ2n) is 4.98. The summed E-state index contributed by atoms with van der Waals surface area (Å²) in [5.41, 5.74) is 5.22. The van der Waals surface area contributed by atoms with Crippen molar-refractivity contribution in [1.82, 2.24) is 26.0 Å². The summed E-state index contributed by atoms with van der Waals surface area (Å²) in [6.45, 7) is 0. The molecule has 25 heavy (non-hydrogen) atoms. The number of thiophene rings is 1. The smallest absolute Gasteiger partial charge is 0.269 e. The third-order valence-electron chi connectivity index (χ3n) is 3.12. The van der Waals surface area contributed by atoms with Gasteiger partial charge in [0.25, 0.3) is 5.91 Å². The number of amides is 2. The summed E-state index contributed by atoms with van der Waals surface area (Å²) in [4.78, 5) is 29.1. The number of hydrogen-bond donors (Lipinski definition) is 3. The number of rotatable bonds is 6. The standard InChI is InChI=1S/C16H15N5O2S2/c22-14(19-20-15(23)11-5-2-1-3-6-11)10-25-16-17-13(18-21-16)9-12-7-4-8-24-12/h1-8H,9-10H2,(H,19,22)(H,20,23)(H,17,18,21). The Hall–Kier alpha value is -2.65. The Bertz CT molecular complexity index is 833. The van der Waals surface area contributed by atoms with E-state index in [1.807, 2.05) is 23.6 Å². The van der Waals surface area contributed by atoms with Gasteiger partial charge in [0.2, 0.25) is 11.1 Å². The Balaban J connectivity index is 1.42. The molecule has 0 aliphatic heterocycles. The van der Waals surface area contributed by atoms with E-state index in [2.05, 4.69) is 26.0 Å². The van der Waals surface area contributed by atoms with Gasteiger partial charge in [0.15, 0.2) is 0 Å². The van der Waals surface area contributed by atoms with E-state index < -0.39 is 0 Å². The van der Waals surface area contributed by atoms with Gasteiger partial charge in [-0.25, -0.2) is 4.98 Å². The normalized spacial score (nSPS) is 10.4. The molecule has 0 fully saturated rings. The van der Waals surface area contributed by atoms with Crippen molar-refractivity contribution >= 4 is 34.9 Å². The maximum atomic E-state index is 11.8. The lowest BCUT2D eigenvalue weighted by Gasteiger charge is -2.06. The first-order valence-electron chi connectivity index (χ1n) is 7.41. The van der Waals surface area contributed by atoms with Crippen LogP contribution in [0.25, 0.3) is 0 Å². The summed E-state index contributed by atoms with van der Waals surface area (Å²) in [5, 5.41) is 9.44. The van der Waals surface area contributed by atoms with Crippen LogP contribution in [0.5, 0.6) is 0 Å². The highest BCUT2D eigenvalue weighted by Gasteiger charge is 2.10. The Kier molecular flexibility index (Phi) is 5.81. The molecule has 9 heteroatoms. The number of carbonyl (C=O) groups is 2. The van der Waals surface area contributed by atoms with Gasteiger partial charge in [0.05, 0.1) is 5.75 Å². The van der Waals surface area contributed by atoms with Crippen molar-refractivity contribution in [2.24, 2.45) is 0 Å². The average Bonchev–Trinajstić information content (AvgIpc) is 3.31. The molecule has 7 nitrogen and oxygen atoms in total.